The molecule has 0 fully saturated rings. The predicted octanol–water partition coefficient (Wildman–Crippen LogP) is 2.17. The monoisotopic (exact) mass is 270 g/mol. The molecule has 0 radical (unpaired) electrons. The van der Waals surface area contributed by atoms with E-state index in [-0.39, 0.29) is 17.1 Å². The topological polar surface area (TPSA) is 81.9 Å². The molecular formula is C15H14N2O3. The first-order valence-corrected chi connectivity index (χ1v) is 5.98. The summed E-state index contributed by atoms with van der Waals surface area (Å²) in [6, 6.07) is 11.3. The average molecular weight is 270 g/mol. The van der Waals surface area contributed by atoms with Crippen LogP contribution in [0, 0.1) is 6.92 Å². The van der Waals surface area contributed by atoms with Crippen molar-refractivity contribution in [1.29, 1.82) is 0 Å². The van der Waals surface area contributed by atoms with Gasteiger partial charge in [0.15, 0.2) is 0 Å². The van der Waals surface area contributed by atoms with E-state index >= 15 is 0 Å². The number of aromatic hydroxyl groups is 2. The summed E-state index contributed by atoms with van der Waals surface area (Å²) in [5, 5.41) is 22.5. The van der Waals surface area contributed by atoms with E-state index in [1.54, 1.807) is 0 Å². The van der Waals surface area contributed by atoms with Crippen molar-refractivity contribution in [2.24, 2.45) is 5.10 Å². The molecule has 0 atom stereocenters. The van der Waals surface area contributed by atoms with Crippen molar-refractivity contribution in [1.82, 2.24) is 5.43 Å². The van der Waals surface area contributed by atoms with Gasteiger partial charge in [-0.2, -0.15) is 5.10 Å². The Kier molecular flexibility index (Phi) is 4.00. The smallest absolute Gasteiger partial charge is 0.271 e. The van der Waals surface area contributed by atoms with Crippen molar-refractivity contribution in [3.05, 3.63) is 59.2 Å². The van der Waals surface area contributed by atoms with Crippen LogP contribution in [-0.2, 0) is 0 Å². The van der Waals surface area contributed by atoms with Crippen molar-refractivity contribution < 1.29 is 15.0 Å². The summed E-state index contributed by atoms with van der Waals surface area (Å²) < 4.78 is 0. The number of aryl methyl sites for hydroxylation is 1. The van der Waals surface area contributed by atoms with Gasteiger partial charge in [-0.15, -0.1) is 0 Å². The largest absolute Gasteiger partial charge is 0.508 e. The lowest BCUT2D eigenvalue weighted by Crippen LogP contribution is -2.17. The third kappa shape index (κ3) is 3.35. The van der Waals surface area contributed by atoms with Gasteiger partial charge in [0.1, 0.15) is 11.5 Å². The van der Waals surface area contributed by atoms with Crippen molar-refractivity contribution in [3.63, 3.8) is 0 Å². The summed E-state index contributed by atoms with van der Waals surface area (Å²) in [6.07, 6.45) is 1.54. The molecule has 0 aliphatic heterocycles. The standard InChI is InChI=1S/C15H14N2O3/c1-10-4-2-3-5-11(10)9-16-17-15(20)12-6-13(18)8-14(19)7-12/h2-9,18-19H,1H3,(H,17,20)/b16-9-. The van der Waals surface area contributed by atoms with Gasteiger partial charge in [0.2, 0.25) is 0 Å². The number of rotatable bonds is 3. The maximum absolute atomic E-state index is 11.8. The molecule has 3 N–H and O–H groups in total. The summed E-state index contributed by atoms with van der Waals surface area (Å²) in [5.41, 5.74) is 4.40. The fourth-order valence-electron chi connectivity index (χ4n) is 1.68. The highest BCUT2D eigenvalue weighted by molar-refractivity contribution is 5.95. The summed E-state index contributed by atoms with van der Waals surface area (Å²) in [6.45, 7) is 1.94. The van der Waals surface area contributed by atoms with Gasteiger partial charge in [0, 0.05) is 11.6 Å². The van der Waals surface area contributed by atoms with Gasteiger partial charge in [-0.25, -0.2) is 5.43 Å². The highest BCUT2D eigenvalue weighted by Gasteiger charge is 2.07. The van der Waals surface area contributed by atoms with Crippen LogP contribution >= 0.6 is 0 Å². The normalized spacial score (nSPS) is 10.7. The fourth-order valence-corrected chi connectivity index (χ4v) is 1.68. The van der Waals surface area contributed by atoms with Crippen molar-refractivity contribution in [3.8, 4) is 11.5 Å². The third-order valence-corrected chi connectivity index (χ3v) is 2.72. The first-order chi connectivity index (χ1) is 9.56. The van der Waals surface area contributed by atoms with Gasteiger partial charge in [-0.3, -0.25) is 4.79 Å². The lowest BCUT2D eigenvalue weighted by Gasteiger charge is -2.02. The Morgan fingerprint density at radius 3 is 2.45 bits per heavy atom. The minimum absolute atomic E-state index is 0.129. The maximum Gasteiger partial charge on any atom is 0.271 e. The van der Waals surface area contributed by atoms with Crippen LogP contribution in [0.2, 0.25) is 0 Å². The highest BCUT2D eigenvalue weighted by Crippen LogP contribution is 2.20. The van der Waals surface area contributed by atoms with Gasteiger partial charge < -0.3 is 10.2 Å². The number of hydrogen-bond acceptors (Lipinski definition) is 4. The van der Waals surface area contributed by atoms with Gasteiger partial charge in [0.25, 0.3) is 5.91 Å². The zero-order chi connectivity index (χ0) is 14.5. The SMILES string of the molecule is Cc1ccccc1/C=N\NC(=O)c1cc(O)cc(O)c1. The van der Waals surface area contributed by atoms with Crippen molar-refractivity contribution in [2.75, 3.05) is 0 Å². The molecule has 0 aliphatic carbocycles. The van der Waals surface area contributed by atoms with E-state index in [9.17, 15) is 15.0 Å². The Bertz CT molecular complexity index is 646. The van der Waals surface area contributed by atoms with Gasteiger partial charge in [-0.05, 0) is 30.2 Å². The van der Waals surface area contributed by atoms with E-state index in [1.807, 2.05) is 31.2 Å². The highest BCUT2D eigenvalue weighted by atomic mass is 16.3. The van der Waals surface area contributed by atoms with E-state index in [0.717, 1.165) is 17.2 Å². The van der Waals surface area contributed by atoms with Crippen molar-refractivity contribution >= 4 is 12.1 Å². The molecule has 102 valence electrons. The second-order valence-corrected chi connectivity index (χ2v) is 4.29. The molecular weight excluding hydrogens is 256 g/mol. The second kappa shape index (κ2) is 5.88. The van der Waals surface area contributed by atoms with Gasteiger partial charge >= 0.3 is 0 Å². The van der Waals surface area contributed by atoms with E-state index < -0.39 is 5.91 Å². The van der Waals surface area contributed by atoms with E-state index in [1.165, 1.54) is 18.3 Å². The van der Waals surface area contributed by atoms with Crippen LogP contribution in [0.4, 0.5) is 0 Å². The molecule has 0 bridgehead atoms. The Morgan fingerprint density at radius 2 is 1.80 bits per heavy atom. The summed E-state index contributed by atoms with van der Waals surface area (Å²) >= 11 is 0. The molecule has 0 saturated heterocycles. The minimum atomic E-state index is -0.513. The fraction of sp³-hybridized carbons (Fsp3) is 0.0667. The number of phenolic OH excluding ortho intramolecular Hbond substituents is 2. The van der Waals surface area contributed by atoms with Crippen LogP contribution in [0.25, 0.3) is 0 Å². The number of hydrogen-bond donors (Lipinski definition) is 3. The Labute approximate surface area is 116 Å². The van der Waals surface area contributed by atoms with E-state index in [4.69, 9.17) is 0 Å². The molecule has 0 heterocycles. The number of hydrazone groups is 1. The first kappa shape index (κ1) is 13.6. The van der Waals surface area contributed by atoms with E-state index in [0.29, 0.717) is 0 Å². The number of phenols is 2. The summed E-state index contributed by atoms with van der Waals surface area (Å²) in [4.78, 5) is 11.8. The molecule has 1 amide bonds. The van der Waals surface area contributed by atoms with Crippen LogP contribution in [-0.4, -0.2) is 22.3 Å². The zero-order valence-electron chi connectivity index (χ0n) is 10.9. The average Bonchev–Trinajstić information content (AvgIpc) is 2.39. The molecule has 20 heavy (non-hydrogen) atoms. The molecule has 5 nitrogen and oxygen atoms in total. The van der Waals surface area contributed by atoms with Gasteiger partial charge in [0.05, 0.1) is 6.21 Å². The van der Waals surface area contributed by atoms with Crippen LogP contribution < -0.4 is 5.43 Å². The number of nitrogens with zero attached hydrogens (tertiary/aromatic N) is 1. The zero-order valence-corrected chi connectivity index (χ0v) is 10.9. The number of carbonyl (C=O) groups excluding carboxylic acids is 1. The number of nitrogens with one attached hydrogen (secondary N) is 1. The molecule has 5 heteroatoms. The second-order valence-electron chi connectivity index (χ2n) is 4.29. The molecule has 0 aliphatic rings. The molecule has 0 aromatic heterocycles. The molecule has 2 aromatic rings. The van der Waals surface area contributed by atoms with Crippen LogP contribution in [0.15, 0.2) is 47.6 Å². The number of carbonyl (C=O) groups is 1. The lowest BCUT2D eigenvalue weighted by molar-refractivity contribution is 0.0954. The molecule has 0 spiro atoms. The van der Waals surface area contributed by atoms with Crippen LogP contribution in [0.5, 0.6) is 11.5 Å². The Balaban J connectivity index is 2.07. The predicted molar refractivity (Wildman–Crippen MR) is 76.0 cm³/mol. The van der Waals surface area contributed by atoms with Gasteiger partial charge in [-0.1, -0.05) is 24.3 Å². The first-order valence-electron chi connectivity index (χ1n) is 5.98. The number of amides is 1. The lowest BCUT2D eigenvalue weighted by atomic mass is 10.1. The Morgan fingerprint density at radius 1 is 1.15 bits per heavy atom. The van der Waals surface area contributed by atoms with E-state index in [2.05, 4.69) is 10.5 Å². The van der Waals surface area contributed by atoms with Crippen LogP contribution in [0.1, 0.15) is 21.5 Å². The quantitative estimate of drug-likeness (QED) is 0.590. The Hall–Kier alpha value is -2.82. The molecule has 2 rings (SSSR count). The molecule has 0 saturated carbocycles. The minimum Gasteiger partial charge on any atom is -0.508 e. The molecule has 0 unspecified atom stereocenters. The summed E-state index contributed by atoms with van der Waals surface area (Å²) in [7, 11) is 0. The third-order valence-electron chi connectivity index (χ3n) is 2.72. The maximum atomic E-state index is 11.8. The molecule has 2 aromatic carbocycles. The summed E-state index contributed by atoms with van der Waals surface area (Å²) in [5.74, 6) is -0.878. The number of benzene rings is 2. The van der Waals surface area contributed by atoms with Crippen LogP contribution in [0.3, 0.4) is 0 Å². The van der Waals surface area contributed by atoms with Crippen molar-refractivity contribution in [2.45, 2.75) is 6.92 Å².